The second kappa shape index (κ2) is 18.0. The lowest BCUT2D eigenvalue weighted by Gasteiger charge is -2.41. The molecule has 1 aromatic carbocycles. The first kappa shape index (κ1) is 46.0. The molecule has 2 unspecified atom stereocenters. The summed E-state index contributed by atoms with van der Waals surface area (Å²) in [7, 11) is -4.00. The largest absolute Gasteiger partial charge is 0.458 e. The van der Waals surface area contributed by atoms with Crippen molar-refractivity contribution in [1.82, 2.24) is 9.88 Å². The molecule has 8 nitrogen and oxygen atoms in total. The second-order valence-corrected chi connectivity index (χ2v) is 29.7. The molecule has 0 bridgehead atoms. The van der Waals surface area contributed by atoms with Crippen LogP contribution in [0, 0.1) is 17.3 Å². The van der Waals surface area contributed by atoms with Crippen LogP contribution in [0.4, 0.5) is 0 Å². The maximum Gasteiger partial charge on any atom is 0.309 e. The van der Waals surface area contributed by atoms with Gasteiger partial charge in [0.2, 0.25) is 0 Å². The Balaban J connectivity index is 1.70. The van der Waals surface area contributed by atoms with Crippen molar-refractivity contribution in [2.75, 3.05) is 13.2 Å². The van der Waals surface area contributed by atoms with E-state index in [1.807, 2.05) is 38.1 Å². The summed E-state index contributed by atoms with van der Waals surface area (Å²) in [4.78, 5) is 35.7. The van der Waals surface area contributed by atoms with E-state index in [0.717, 1.165) is 64.7 Å². The Bertz CT molecular complexity index is 1610. The molecule has 2 saturated heterocycles. The summed E-state index contributed by atoms with van der Waals surface area (Å²) in [6.45, 7) is 31.8. The number of carbonyl (C=O) groups is 2. The van der Waals surface area contributed by atoms with Crippen LogP contribution in [0.1, 0.15) is 120 Å². The maximum absolute atomic E-state index is 14.4. The van der Waals surface area contributed by atoms with Gasteiger partial charge in [-0.1, -0.05) is 87.8 Å². The molecule has 0 amide bonds. The van der Waals surface area contributed by atoms with Crippen molar-refractivity contribution in [3.63, 3.8) is 0 Å². The van der Waals surface area contributed by atoms with E-state index in [9.17, 15) is 14.7 Å². The molecule has 2 fully saturated rings. The van der Waals surface area contributed by atoms with Crippen LogP contribution in [0.2, 0.25) is 36.3 Å². The summed E-state index contributed by atoms with van der Waals surface area (Å²) in [5.41, 5.74) is 0.607. The van der Waals surface area contributed by atoms with Gasteiger partial charge in [-0.25, -0.2) is 4.98 Å². The fourth-order valence-electron chi connectivity index (χ4n) is 8.53. The van der Waals surface area contributed by atoms with Crippen molar-refractivity contribution >= 4 is 56.0 Å². The van der Waals surface area contributed by atoms with Gasteiger partial charge >= 0.3 is 5.97 Å². The van der Waals surface area contributed by atoms with Gasteiger partial charge in [0.15, 0.2) is 16.6 Å². The van der Waals surface area contributed by atoms with E-state index >= 15 is 0 Å². The summed E-state index contributed by atoms with van der Waals surface area (Å²) >= 11 is 1.62. The molecular weight excluding hydrogens is 741 g/mol. The summed E-state index contributed by atoms with van der Waals surface area (Å²) in [5, 5.41) is 12.6. The second-order valence-electron chi connectivity index (χ2n) is 19.1. The van der Waals surface area contributed by atoms with Crippen molar-refractivity contribution in [2.24, 2.45) is 17.3 Å². The van der Waals surface area contributed by atoms with Gasteiger partial charge in [0.1, 0.15) is 16.9 Å². The Kier molecular flexibility index (Phi) is 15.1. The van der Waals surface area contributed by atoms with Crippen molar-refractivity contribution in [2.45, 2.75) is 181 Å². The molecule has 55 heavy (non-hydrogen) atoms. The van der Waals surface area contributed by atoms with Gasteiger partial charge in [0.05, 0.1) is 34.3 Å². The van der Waals surface area contributed by atoms with Gasteiger partial charge < -0.3 is 18.7 Å². The Hall–Kier alpha value is -1.74. The molecule has 310 valence electrons. The van der Waals surface area contributed by atoms with Crippen molar-refractivity contribution in [3.05, 3.63) is 34.8 Å². The monoisotopic (exact) mass is 814 g/mol. The minimum atomic E-state index is -2.06. The lowest BCUT2D eigenvalue weighted by Crippen LogP contribution is -2.50. The third-order valence-corrected chi connectivity index (χ3v) is 24.3. The average Bonchev–Trinajstić information content (AvgIpc) is 3.43. The molecule has 0 radical (unpaired) electrons. The summed E-state index contributed by atoms with van der Waals surface area (Å²) in [6, 6.07) is 11.3. The molecule has 0 spiro atoms. The first-order valence-corrected chi connectivity index (χ1v) is 27.3. The van der Waals surface area contributed by atoms with Crippen LogP contribution in [0.15, 0.2) is 29.8 Å². The number of aliphatic hydroxyl groups excluding tert-OH is 1. The summed E-state index contributed by atoms with van der Waals surface area (Å²) < 4.78 is 21.3. The molecule has 2 aromatic rings. The number of aliphatic hydroxyl groups is 1. The van der Waals surface area contributed by atoms with Gasteiger partial charge in [-0.05, 0) is 92.7 Å². The number of esters is 1. The van der Waals surface area contributed by atoms with Crippen molar-refractivity contribution < 1.29 is 28.3 Å². The molecule has 4 rings (SSSR count). The van der Waals surface area contributed by atoms with Crippen LogP contribution in [-0.2, 0) is 23.2 Å². The summed E-state index contributed by atoms with van der Waals surface area (Å²) in [6.07, 6.45) is 3.37. The quantitative estimate of drug-likeness (QED) is 0.136. The van der Waals surface area contributed by atoms with Crippen LogP contribution in [-0.4, -0.2) is 86.4 Å². The van der Waals surface area contributed by atoms with Crippen molar-refractivity contribution in [1.29, 1.82) is 0 Å². The maximum atomic E-state index is 14.4. The number of para-hydroxylation sites is 1. The third kappa shape index (κ3) is 10.5. The SMILES string of the molecule is CC[Si](CC)(CC)OC1[C@@H](C)CCC[C@]2(C)[C@H](C[C@@H](/C(C)=C/c3nc4ccccc4s3)OC(=O)C[C@H](O)C(C)(C)C(=O)[C@@H]1C)N2CCO[Si](C)(C)C(C)(C)C. The number of thiazole rings is 1. The first-order valence-electron chi connectivity index (χ1n) is 21.1. The van der Waals surface area contributed by atoms with Crippen LogP contribution >= 0.6 is 11.3 Å². The number of cyclic esters (lactones) is 1. The highest BCUT2D eigenvalue weighted by Gasteiger charge is 2.59. The van der Waals surface area contributed by atoms with E-state index in [4.69, 9.17) is 18.6 Å². The molecule has 2 aliphatic rings. The predicted molar refractivity (Wildman–Crippen MR) is 233 cm³/mol. The predicted octanol–water partition coefficient (Wildman–Crippen LogP) is 10.7. The lowest BCUT2D eigenvalue weighted by atomic mass is 9.73. The Morgan fingerprint density at radius 2 is 1.73 bits per heavy atom. The zero-order valence-corrected chi connectivity index (χ0v) is 39.5. The number of Topliss-reactive ketones (excluding diaryl/α,β-unsaturated/α-hetero) is 1. The van der Waals surface area contributed by atoms with E-state index in [-0.39, 0.29) is 40.8 Å². The van der Waals surface area contributed by atoms with Crippen LogP contribution in [0.3, 0.4) is 0 Å². The minimum Gasteiger partial charge on any atom is -0.458 e. The number of nitrogens with zero attached hydrogens (tertiary/aromatic N) is 2. The lowest BCUT2D eigenvalue weighted by molar-refractivity contribution is -0.154. The molecule has 8 atom stereocenters. The zero-order chi connectivity index (χ0) is 41.1. The molecule has 11 heteroatoms. The smallest absolute Gasteiger partial charge is 0.309 e. The molecule has 1 N–H and O–H groups in total. The number of ketones is 1. The van der Waals surface area contributed by atoms with Crippen LogP contribution in [0.25, 0.3) is 16.3 Å². The first-order chi connectivity index (χ1) is 25.6. The molecule has 1 aromatic heterocycles. The van der Waals surface area contributed by atoms with Gasteiger partial charge in [-0.2, -0.15) is 0 Å². The summed E-state index contributed by atoms with van der Waals surface area (Å²) in [5.74, 6) is -0.835. The van der Waals surface area contributed by atoms with Crippen LogP contribution in [0.5, 0.6) is 0 Å². The minimum absolute atomic E-state index is 0.0615. The van der Waals surface area contributed by atoms with Gasteiger partial charge in [-0.15, -0.1) is 11.3 Å². The highest BCUT2D eigenvalue weighted by molar-refractivity contribution is 7.19. The number of ether oxygens (including phenoxy) is 1. The Morgan fingerprint density at radius 1 is 1.09 bits per heavy atom. The molecular formula is C44H74N2O6SSi2. The third-order valence-electron chi connectivity index (χ3n) is 14.1. The zero-order valence-electron chi connectivity index (χ0n) is 36.7. The number of hydrogen-bond acceptors (Lipinski definition) is 9. The topological polar surface area (TPSA) is 98.0 Å². The molecule has 0 saturated carbocycles. The number of carbonyl (C=O) groups excluding carboxylic acids is 2. The fourth-order valence-corrected chi connectivity index (χ4v) is 13.6. The number of hydrogen-bond donors (Lipinski definition) is 1. The highest BCUT2D eigenvalue weighted by atomic mass is 32.1. The number of fused-ring (bicyclic) bond motifs is 2. The van der Waals surface area contributed by atoms with E-state index < -0.39 is 46.1 Å². The molecule has 2 aliphatic heterocycles. The highest BCUT2D eigenvalue weighted by Crippen LogP contribution is 2.49. The standard InChI is InChI=1S/C44H74N2O6SSi2/c1-15-55(16-2,17-3)52-40-30(4)21-20-24-44(12)36(46(44)25-26-50-54(13,14)42(7,8)9)28-34(31(5)27-38-45-33-22-18-19-23-35(33)53-38)51-39(48)29-37(47)43(10,11)41(49)32(40)6/h18-19,22-23,27,30,32,34,36-37,40,47H,15-17,20-21,24-26,28-29H2,1-14H3/b31-27+/t30-,32+,34-,36-,37-,40?,44+,46?/m0/s1. The molecule has 3 heterocycles. The number of aromatic nitrogens is 1. The fraction of sp³-hybridized carbons (Fsp3) is 0.750. The van der Waals surface area contributed by atoms with E-state index in [1.165, 1.54) is 0 Å². The Morgan fingerprint density at radius 3 is 2.33 bits per heavy atom. The van der Waals surface area contributed by atoms with E-state index in [0.29, 0.717) is 13.0 Å². The van der Waals surface area contributed by atoms with Crippen LogP contribution < -0.4 is 0 Å². The van der Waals surface area contributed by atoms with Gasteiger partial charge in [0, 0.05) is 37.1 Å². The normalized spacial score (nSPS) is 30.6. The number of rotatable bonds is 11. The number of benzene rings is 1. The molecule has 0 aliphatic carbocycles. The van der Waals surface area contributed by atoms with Gasteiger partial charge in [-0.3, -0.25) is 14.5 Å². The van der Waals surface area contributed by atoms with E-state index in [2.05, 4.69) is 79.5 Å². The Labute approximate surface area is 339 Å². The van der Waals surface area contributed by atoms with Gasteiger partial charge in [0.25, 0.3) is 0 Å². The van der Waals surface area contributed by atoms with Crippen molar-refractivity contribution in [3.8, 4) is 0 Å². The average molecular weight is 815 g/mol. The van der Waals surface area contributed by atoms with E-state index in [1.54, 1.807) is 25.2 Å².